The van der Waals surface area contributed by atoms with Gasteiger partial charge in [0.15, 0.2) is 0 Å². The minimum Gasteiger partial charge on any atom is -0.364 e. The van der Waals surface area contributed by atoms with Crippen molar-refractivity contribution in [1.82, 2.24) is 19.6 Å². The lowest BCUT2D eigenvalue weighted by molar-refractivity contribution is 0.122. The Balaban J connectivity index is 0.00000220. The Morgan fingerprint density at radius 1 is 1.38 bits per heavy atom. The molecule has 2 aromatic rings. The van der Waals surface area contributed by atoms with Crippen molar-refractivity contribution in [3.05, 3.63) is 30.2 Å². The Bertz CT molecular complexity index is 540. The Labute approximate surface area is 128 Å². The maximum Gasteiger partial charge on any atom is 0.257 e. The number of nitrogens with zero attached hydrogens (tertiary/aromatic N) is 4. The van der Waals surface area contributed by atoms with Gasteiger partial charge in [-0.3, -0.25) is 9.36 Å². The van der Waals surface area contributed by atoms with Gasteiger partial charge in [0.1, 0.15) is 12.4 Å². The molecule has 0 aliphatic carbocycles. The van der Waals surface area contributed by atoms with Crippen LogP contribution in [0.1, 0.15) is 31.9 Å². The molecule has 21 heavy (non-hydrogen) atoms. The summed E-state index contributed by atoms with van der Waals surface area (Å²) in [6, 6.07) is 2.26. The molecule has 0 aliphatic heterocycles. The van der Waals surface area contributed by atoms with E-state index >= 15 is 0 Å². The van der Waals surface area contributed by atoms with E-state index in [-0.39, 0.29) is 19.0 Å². The number of nitrogens with one attached hydrogen (secondary N) is 1. The summed E-state index contributed by atoms with van der Waals surface area (Å²) in [5.41, 5.74) is 0.851. The fraction of sp³-hybridized carbons (Fsp3) is 0.538. The molecule has 8 heteroatoms. The predicted molar refractivity (Wildman–Crippen MR) is 80.0 cm³/mol. The van der Waals surface area contributed by atoms with Crippen LogP contribution >= 0.6 is 12.4 Å². The highest BCUT2D eigenvalue weighted by Gasteiger charge is 2.07. The first-order chi connectivity index (χ1) is 9.58. The first-order valence-corrected chi connectivity index (χ1v) is 6.67. The molecule has 0 fully saturated rings. The lowest BCUT2D eigenvalue weighted by Crippen LogP contribution is -2.07. The Morgan fingerprint density at radius 2 is 2.14 bits per heavy atom. The molecule has 1 N–H and O–H groups in total. The van der Waals surface area contributed by atoms with Crippen LogP contribution in [0.5, 0.6) is 0 Å². The van der Waals surface area contributed by atoms with Crippen LogP contribution in [0.2, 0.25) is 0 Å². The van der Waals surface area contributed by atoms with E-state index in [0.29, 0.717) is 12.6 Å². The van der Waals surface area contributed by atoms with Crippen molar-refractivity contribution in [3.8, 4) is 0 Å². The van der Waals surface area contributed by atoms with E-state index in [1.165, 1.54) is 4.68 Å². The van der Waals surface area contributed by atoms with Crippen molar-refractivity contribution in [2.45, 2.75) is 45.8 Å². The van der Waals surface area contributed by atoms with Gasteiger partial charge in [0, 0.05) is 36.6 Å². The molecular weight excluding hydrogens is 300 g/mol. The summed E-state index contributed by atoms with van der Waals surface area (Å²) in [7, 11) is 0. The highest BCUT2D eigenvalue weighted by atomic mass is 35.5. The van der Waals surface area contributed by atoms with Crippen molar-refractivity contribution < 1.29 is 8.78 Å². The Hall–Kier alpha value is -1.63. The zero-order valence-corrected chi connectivity index (χ0v) is 12.9. The normalized spacial score (nSPS) is 12.2. The molecule has 1 atom stereocenters. The van der Waals surface area contributed by atoms with Crippen LogP contribution in [0, 0.1) is 0 Å². The van der Waals surface area contributed by atoms with Gasteiger partial charge in [0.25, 0.3) is 6.43 Å². The number of hydrogen-bond donors (Lipinski definition) is 1. The molecule has 1 unspecified atom stereocenters. The first kappa shape index (κ1) is 17.4. The second-order valence-corrected chi connectivity index (χ2v) is 4.75. The molecule has 0 saturated carbocycles. The zero-order chi connectivity index (χ0) is 14.5. The van der Waals surface area contributed by atoms with Crippen LogP contribution in [0.15, 0.2) is 24.7 Å². The quantitative estimate of drug-likeness (QED) is 0.851. The van der Waals surface area contributed by atoms with Crippen LogP contribution in [0.3, 0.4) is 0 Å². The van der Waals surface area contributed by atoms with Gasteiger partial charge in [-0.15, -0.1) is 12.4 Å². The van der Waals surface area contributed by atoms with Gasteiger partial charge >= 0.3 is 0 Å². The summed E-state index contributed by atoms with van der Waals surface area (Å²) in [4.78, 5) is 0. The van der Waals surface area contributed by atoms with E-state index in [2.05, 4.69) is 29.4 Å². The standard InChI is InChI=1S/C13H19F2N5.ClH/c1-3-10(2)20-5-4-13(18-20)16-6-11-7-17-19(8-11)9-12(14)15;/h4-5,7-8,10,12H,3,6,9H2,1-2H3,(H,16,18);1H. The monoisotopic (exact) mass is 319 g/mol. The summed E-state index contributed by atoms with van der Waals surface area (Å²) < 4.78 is 27.6. The molecule has 2 heterocycles. The molecule has 2 rings (SSSR count). The molecule has 0 aliphatic rings. The highest BCUT2D eigenvalue weighted by Crippen LogP contribution is 2.12. The van der Waals surface area contributed by atoms with Gasteiger partial charge < -0.3 is 5.32 Å². The van der Waals surface area contributed by atoms with Gasteiger partial charge in [-0.2, -0.15) is 10.2 Å². The van der Waals surface area contributed by atoms with Crippen LogP contribution in [0.4, 0.5) is 14.6 Å². The summed E-state index contributed by atoms with van der Waals surface area (Å²) >= 11 is 0. The number of alkyl halides is 2. The minimum atomic E-state index is -2.39. The molecule has 0 amide bonds. The van der Waals surface area contributed by atoms with Crippen molar-refractivity contribution in [3.63, 3.8) is 0 Å². The first-order valence-electron chi connectivity index (χ1n) is 6.67. The van der Waals surface area contributed by atoms with Gasteiger partial charge in [0.05, 0.1) is 6.20 Å². The van der Waals surface area contributed by atoms with E-state index in [1.807, 2.05) is 16.9 Å². The van der Waals surface area contributed by atoms with Crippen molar-refractivity contribution in [1.29, 1.82) is 0 Å². The molecule has 118 valence electrons. The van der Waals surface area contributed by atoms with Gasteiger partial charge in [0.2, 0.25) is 0 Å². The SMILES string of the molecule is CCC(C)n1ccc(NCc2cnn(CC(F)F)c2)n1.Cl. The highest BCUT2D eigenvalue weighted by molar-refractivity contribution is 5.85. The summed E-state index contributed by atoms with van der Waals surface area (Å²) in [6.45, 7) is 4.35. The molecule has 0 saturated heterocycles. The van der Waals surface area contributed by atoms with E-state index in [4.69, 9.17) is 0 Å². The van der Waals surface area contributed by atoms with Crippen LogP contribution in [0.25, 0.3) is 0 Å². The van der Waals surface area contributed by atoms with E-state index in [0.717, 1.165) is 17.8 Å². The number of halogens is 3. The van der Waals surface area contributed by atoms with E-state index < -0.39 is 6.43 Å². The largest absolute Gasteiger partial charge is 0.364 e. The van der Waals surface area contributed by atoms with E-state index in [9.17, 15) is 8.78 Å². The topological polar surface area (TPSA) is 47.7 Å². The molecule has 0 spiro atoms. The Kier molecular flexibility index (Phi) is 6.61. The summed E-state index contributed by atoms with van der Waals surface area (Å²) in [6.07, 6.45) is 3.76. The third kappa shape index (κ3) is 5.00. The average molecular weight is 320 g/mol. The second-order valence-electron chi connectivity index (χ2n) is 4.75. The molecule has 0 aromatic carbocycles. The van der Waals surface area contributed by atoms with Crippen molar-refractivity contribution in [2.24, 2.45) is 0 Å². The average Bonchev–Trinajstić information content (AvgIpc) is 3.04. The zero-order valence-electron chi connectivity index (χ0n) is 12.0. The smallest absolute Gasteiger partial charge is 0.257 e. The van der Waals surface area contributed by atoms with Crippen molar-refractivity contribution >= 4 is 18.2 Å². The third-order valence-corrected chi connectivity index (χ3v) is 3.14. The molecule has 5 nitrogen and oxygen atoms in total. The number of rotatable bonds is 7. The van der Waals surface area contributed by atoms with E-state index in [1.54, 1.807) is 12.4 Å². The van der Waals surface area contributed by atoms with Crippen LogP contribution in [-0.4, -0.2) is 26.0 Å². The summed E-state index contributed by atoms with van der Waals surface area (Å²) in [5.74, 6) is 0.770. The van der Waals surface area contributed by atoms with Gasteiger partial charge in [-0.1, -0.05) is 6.92 Å². The third-order valence-electron chi connectivity index (χ3n) is 3.14. The lowest BCUT2D eigenvalue weighted by Gasteiger charge is -2.08. The Morgan fingerprint density at radius 3 is 2.81 bits per heavy atom. The van der Waals surface area contributed by atoms with Crippen LogP contribution < -0.4 is 5.32 Å². The number of anilines is 1. The fourth-order valence-corrected chi connectivity index (χ4v) is 1.80. The maximum absolute atomic E-state index is 12.2. The summed E-state index contributed by atoms with van der Waals surface area (Å²) in [5, 5.41) is 11.5. The number of aromatic nitrogens is 4. The fourth-order valence-electron chi connectivity index (χ4n) is 1.80. The lowest BCUT2D eigenvalue weighted by atomic mass is 10.3. The molecule has 2 aromatic heterocycles. The van der Waals surface area contributed by atoms with Crippen LogP contribution in [-0.2, 0) is 13.1 Å². The molecule has 0 bridgehead atoms. The van der Waals surface area contributed by atoms with Crippen molar-refractivity contribution in [2.75, 3.05) is 5.32 Å². The van der Waals surface area contributed by atoms with Gasteiger partial charge in [-0.25, -0.2) is 8.78 Å². The molecule has 0 radical (unpaired) electrons. The number of hydrogen-bond acceptors (Lipinski definition) is 3. The minimum absolute atomic E-state index is 0. The maximum atomic E-state index is 12.2. The predicted octanol–water partition coefficient (Wildman–Crippen LogP) is 3.35. The van der Waals surface area contributed by atoms with Gasteiger partial charge in [-0.05, 0) is 13.3 Å². The molecular formula is C13H20ClF2N5. The second kappa shape index (κ2) is 7.97.